The van der Waals surface area contributed by atoms with Crippen molar-refractivity contribution in [3.63, 3.8) is 0 Å². The predicted molar refractivity (Wildman–Crippen MR) is 116 cm³/mol. The normalized spacial score (nSPS) is 17.1. The third-order valence-electron chi connectivity index (χ3n) is 5.37. The van der Waals surface area contributed by atoms with Gasteiger partial charge < -0.3 is 23.5 Å². The van der Waals surface area contributed by atoms with E-state index >= 15 is 0 Å². The topological polar surface area (TPSA) is 147 Å². The Bertz CT molecular complexity index is 1380. The van der Waals surface area contributed by atoms with E-state index in [-0.39, 0.29) is 29.6 Å². The van der Waals surface area contributed by atoms with Gasteiger partial charge in [0.2, 0.25) is 0 Å². The minimum atomic E-state index is -7.43. The second-order valence-electron chi connectivity index (χ2n) is 9.51. The van der Waals surface area contributed by atoms with E-state index in [0.717, 1.165) is 0 Å². The van der Waals surface area contributed by atoms with Crippen molar-refractivity contribution in [2.75, 3.05) is 39.6 Å². The molecule has 0 spiro atoms. The van der Waals surface area contributed by atoms with Crippen LogP contribution in [0.3, 0.4) is 0 Å². The molecule has 0 fully saturated rings. The number of rotatable bonds is 20. The van der Waals surface area contributed by atoms with Crippen LogP contribution in [0.2, 0.25) is 0 Å². The van der Waals surface area contributed by atoms with Gasteiger partial charge in [-0.2, -0.15) is 96.6 Å². The van der Waals surface area contributed by atoms with Gasteiger partial charge >= 0.3 is 102 Å². The van der Waals surface area contributed by atoms with Gasteiger partial charge in [0, 0.05) is 0 Å². The van der Waals surface area contributed by atoms with Gasteiger partial charge in [-0.25, -0.2) is 8.42 Å². The first-order chi connectivity index (χ1) is 23.5. The molecule has 0 aliphatic carbocycles. The summed E-state index contributed by atoms with van der Waals surface area (Å²) >= 11 is 0. The molecule has 0 amide bonds. The zero-order chi connectivity index (χ0) is 43.4. The molecule has 55 heavy (non-hydrogen) atoms. The van der Waals surface area contributed by atoms with E-state index in [1.54, 1.807) is 0 Å². The van der Waals surface area contributed by atoms with Gasteiger partial charge in [-0.3, -0.25) is 19.1 Å². The first-order valence-corrected chi connectivity index (χ1v) is 14.0. The maximum atomic E-state index is 14.0. The number of ether oxygens (including phenoxy) is 6. The smallest absolute Gasteiger partial charge is 0.747 e. The molecule has 0 saturated heterocycles. The molecule has 0 aromatic heterocycles. The van der Waals surface area contributed by atoms with E-state index in [4.69, 9.17) is 0 Å². The van der Waals surface area contributed by atoms with Gasteiger partial charge in [0.05, 0.1) is 19.6 Å². The number of halogens is 22. The van der Waals surface area contributed by atoms with Crippen LogP contribution in [-0.2, 0) is 48.1 Å². The van der Waals surface area contributed by atoms with Gasteiger partial charge in [0.15, 0.2) is 5.25 Å². The predicted octanol–water partition coefficient (Wildman–Crippen LogP) is 2.48. The van der Waals surface area contributed by atoms with Crippen molar-refractivity contribution in [3.05, 3.63) is 0 Å². The Balaban J connectivity index is 0. The summed E-state index contributed by atoms with van der Waals surface area (Å²) in [4.78, 5) is 23.6. The van der Waals surface area contributed by atoms with E-state index in [2.05, 4.69) is 28.4 Å². The van der Waals surface area contributed by atoms with Crippen LogP contribution in [-0.4, -0.2) is 130 Å². The van der Waals surface area contributed by atoms with E-state index in [9.17, 15) is 119 Å². The van der Waals surface area contributed by atoms with Crippen LogP contribution in [0.4, 0.5) is 96.6 Å². The standard InChI is InChI=1S/C20H16F22O11S.Na/c21-11(15(27,28)29,52-19(39,40)13(23,24)17(33,34)35)6-48-1-3-50-9(43)5-8(54(45,46)47)10(44)51-4-2-49-7-12(22,16(30,31)32)53-20(41,42)14(25,26)18(36,37)38;/h8H,1-7H2,(H,45,46,47);/q;+1/p-1. The maximum absolute atomic E-state index is 14.0. The molecular weight excluding hydrogens is 889 g/mol. The van der Waals surface area contributed by atoms with Crippen LogP contribution in [0.25, 0.3) is 0 Å². The second kappa shape index (κ2) is 18.4. The zero-order valence-electron chi connectivity index (χ0n) is 25.7. The summed E-state index contributed by atoms with van der Waals surface area (Å²) in [5.41, 5.74) is 0. The van der Waals surface area contributed by atoms with E-state index in [0.29, 0.717) is 0 Å². The van der Waals surface area contributed by atoms with Gasteiger partial charge in [0.25, 0.3) is 0 Å². The molecule has 322 valence electrons. The van der Waals surface area contributed by atoms with Crippen molar-refractivity contribution in [2.24, 2.45) is 0 Å². The molecule has 35 heteroatoms. The molecule has 3 atom stereocenters. The summed E-state index contributed by atoms with van der Waals surface area (Å²) in [6, 6.07) is 0. The summed E-state index contributed by atoms with van der Waals surface area (Å²) in [7, 11) is -6.08. The van der Waals surface area contributed by atoms with Crippen LogP contribution in [0, 0.1) is 0 Å². The second-order valence-corrected chi connectivity index (χ2v) is 11.1. The summed E-state index contributed by atoms with van der Waals surface area (Å²) in [6.07, 6.45) is -44.8. The largest absolute Gasteiger partial charge is 1.00 e. The quantitative estimate of drug-likeness (QED) is 0.0585. The molecule has 0 aromatic rings. The summed E-state index contributed by atoms with van der Waals surface area (Å²) in [5.74, 6) is -31.6. The number of carbonyl (C=O) groups excluding carboxylic acids is 2. The Morgan fingerprint density at radius 1 is 0.509 bits per heavy atom. The van der Waals surface area contributed by atoms with Crippen molar-refractivity contribution >= 4 is 22.1 Å². The first kappa shape index (κ1) is 55.2. The van der Waals surface area contributed by atoms with Crippen LogP contribution < -0.4 is 29.6 Å². The van der Waals surface area contributed by atoms with Gasteiger partial charge in [0.1, 0.15) is 36.5 Å². The molecule has 0 rings (SSSR count). The number of esters is 2. The Kier molecular flexibility index (Phi) is 18.5. The molecule has 0 bridgehead atoms. The Morgan fingerprint density at radius 3 is 1.09 bits per heavy atom. The van der Waals surface area contributed by atoms with Crippen LogP contribution in [0.15, 0.2) is 0 Å². The van der Waals surface area contributed by atoms with Crippen molar-refractivity contribution in [1.29, 1.82) is 0 Å². The van der Waals surface area contributed by atoms with Gasteiger partial charge in [-0.05, 0) is 0 Å². The minimum absolute atomic E-state index is 0. The number of alkyl halides is 22. The SMILES string of the molecule is O=C(CC(C(=O)OCCOCC(F)(OC(F)(F)C(F)(F)C(F)(F)F)C(F)(F)F)S(=O)(=O)[O-])OCCOCC(F)(OC(F)(F)C(F)(F)C(F)(F)F)C(F)(F)F.[Na+]. The molecule has 0 aliphatic rings. The fourth-order valence-corrected chi connectivity index (χ4v) is 3.28. The summed E-state index contributed by atoms with van der Waals surface area (Å²) < 4.78 is 335. The number of carbonyl (C=O) groups is 2. The van der Waals surface area contributed by atoms with Crippen molar-refractivity contribution in [3.8, 4) is 0 Å². The molecule has 0 radical (unpaired) electrons. The van der Waals surface area contributed by atoms with Crippen molar-refractivity contribution in [2.45, 2.75) is 72.1 Å². The minimum Gasteiger partial charge on any atom is -0.747 e. The zero-order valence-corrected chi connectivity index (χ0v) is 28.6. The molecule has 0 N–H and O–H groups in total. The Hall–Kier alpha value is -1.85. The third kappa shape index (κ3) is 14.2. The summed E-state index contributed by atoms with van der Waals surface area (Å²) in [6.45, 7) is -12.6. The average Bonchev–Trinajstić information content (AvgIpc) is 2.91. The Morgan fingerprint density at radius 2 is 0.818 bits per heavy atom. The van der Waals surface area contributed by atoms with Crippen LogP contribution >= 0.6 is 0 Å². The number of hydrogen-bond donors (Lipinski definition) is 0. The molecule has 11 nitrogen and oxygen atoms in total. The number of hydrogen-bond acceptors (Lipinski definition) is 11. The van der Waals surface area contributed by atoms with Crippen LogP contribution in [0.1, 0.15) is 6.42 Å². The molecule has 3 unspecified atom stereocenters. The van der Waals surface area contributed by atoms with Crippen molar-refractivity contribution < 1.29 is 177 Å². The third-order valence-corrected chi connectivity index (χ3v) is 6.43. The summed E-state index contributed by atoms with van der Waals surface area (Å²) in [5, 5.41) is -3.26. The molecule has 0 aromatic carbocycles. The molecular formula is C20H15F22NaO11S. The first-order valence-electron chi connectivity index (χ1n) is 12.5. The fraction of sp³-hybridized carbons (Fsp3) is 0.900. The van der Waals surface area contributed by atoms with Gasteiger partial charge in [-0.1, -0.05) is 0 Å². The van der Waals surface area contributed by atoms with Crippen molar-refractivity contribution in [1.82, 2.24) is 0 Å². The van der Waals surface area contributed by atoms with E-state index < -0.39 is 134 Å². The van der Waals surface area contributed by atoms with E-state index in [1.165, 1.54) is 0 Å². The van der Waals surface area contributed by atoms with Gasteiger partial charge in [-0.15, -0.1) is 0 Å². The molecule has 0 saturated carbocycles. The molecule has 0 heterocycles. The average molecular weight is 904 g/mol. The monoisotopic (exact) mass is 904 g/mol. The van der Waals surface area contributed by atoms with Crippen LogP contribution in [0.5, 0.6) is 0 Å². The van der Waals surface area contributed by atoms with E-state index in [1.807, 2.05) is 0 Å². The maximum Gasteiger partial charge on any atom is 1.00 e. The molecule has 0 aliphatic heterocycles. The Labute approximate surface area is 310 Å². The fourth-order valence-electron chi connectivity index (χ4n) is 2.63.